The molecule has 4 heterocycles. The van der Waals surface area contributed by atoms with Gasteiger partial charge < -0.3 is 9.80 Å². The van der Waals surface area contributed by atoms with Crippen LogP contribution in [0.2, 0.25) is 0 Å². The SMILES string of the molecule is Cc1ccc(-c2cnn3c(N4CCN(c5cccc(C)n5)CC4)cc(C)nc23)cc1. The highest BCUT2D eigenvalue weighted by Crippen LogP contribution is 2.28. The molecule has 6 heteroatoms. The van der Waals surface area contributed by atoms with Crippen LogP contribution in [0.3, 0.4) is 0 Å². The van der Waals surface area contributed by atoms with Gasteiger partial charge in [-0.15, -0.1) is 0 Å². The molecule has 0 spiro atoms. The third-order valence-electron chi connectivity index (χ3n) is 5.74. The van der Waals surface area contributed by atoms with Crippen molar-refractivity contribution in [2.24, 2.45) is 0 Å². The fraction of sp³-hybridized carbons (Fsp3) is 0.292. The van der Waals surface area contributed by atoms with Crippen LogP contribution in [0.4, 0.5) is 11.6 Å². The van der Waals surface area contributed by atoms with Crippen molar-refractivity contribution in [2.45, 2.75) is 20.8 Å². The van der Waals surface area contributed by atoms with E-state index in [4.69, 9.17) is 10.1 Å². The predicted molar refractivity (Wildman–Crippen MR) is 121 cm³/mol. The Bertz CT molecular complexity index is 1190. The van der Waals surface area contributed by atoms with Crippen LogP contribution in [0.1, 0.15) is 17.0 Å². The van der Waals surface area contributed by atoms with Crippen molar-refractivity contribution < 1.29 is 0 Å². The second kappa shape index (κ2) is 7.44. The van der Waals surface area contributed by atoms with Crippen LogP contribution in [-0.4, -0.2) is 45.8 Å². The third-order valence-corrected chi connectivity index (χ3v) is 5.74. The number of piperazine rings is 1. The molecule has 1 aliphatic rings. The zero-order chi connectivity index (χ0) is 20.7. The molecule has 0 amide bonds. The van der Waals surface area contributed by atoms with Crippen molar-refractivity contribution in [2.75, 3.05) is 36.0 Å². The van der Waals surface area contributed by atoms with Gasteiger partial charge in [0.1, 0.15) is 11.6 Å². The van der Waals surface area contributed by atoms with Gasteiger partial charge in [0.25, 0.3) is 0 Å². The van der Waals surface area contributed by atoms with Gasteiger partial charge in [-0.25, -0.2) is 9.97 Å². The van der Waals surface area contributed by atoms with E-state index in [1.165, 1.54) is 5.56 Å². The molecule has 0 saturated carbocycles. The Morgan fingerprint density at radius 3 is 2.23 bits per heavy atom. The normalized spacial score (nSPS) is 14.5. The Kier molecular flexibility index (Phi) is 4.62. The van der Waals surface area contributed by atoms with Gasteiger partial charge in [-0.2, -0.15) is 9.61 Å². The minimum absolute atomic E-state index is 0.914. The molecule has 3 aromatic heterocycles. The number of rotatable bonds is 3. The molecule has 1 aliphatic heterocycles. The molecular weight excluding hydrogens is 372 g/mol. The molecule has 30 heavy (non-hydrogen) atoms. The Labute approximate surface area is 176 Å². The lowest BCUT2D eigenvalue weighted by Crippen LogP contribution is -2.47. The average Bonchev–Trinajstić information content (AvgIpc) is 3.17. The molecule has 4 aromatic rings. The predicted octanol–water partition coefficient (Wildman–Crippen LogP) is 4.04. The van der Waals surface area contributed by atoms with E-state index in [0.29, 0.717) is 0 Å². The average molecular weight is 399 g/mol. The smallest absolute Gasteiger partial charge is 0.165 e. The van der Waals surface area contributed by atoms with E-state index < -0.39 is 0 Å². The Balaban J connectivity index is 1.44. The molecular formula is C24H26N6. The second-order valence-corrected chi connectivity index (χ2v) is 8.03. The molecule has 6 nitrogen and oxygen atoms in total. The standard InChI is InChI=1S/C24H26N6/c1-17-7-9-20(10-8-17)21-16-25-30-23(15-19(3)27-24(21)30)29-13-11-28(12-14-29)22-6-4-5-18(2)26-22/h4-10,15-16H,11-14H2,1-3H3. The van der Waals surface area contributed by atoms with E-state index >= 15 is 0 Å². The lowest BCUT2D eigenvalue weighted by Gasteiger charge is -2.36. The second-order valence-electron chi connectivity index (χ2n) is 8.03. The van der Waals surface area contributed by atoms with Crippen LogP contribution in [0.5, 0.6) is 0 Å². The summed E-state index contributed by atoms with van der Waals surface area (Å²) in [5.41, 5.74) is 6.45. The van der Waals surface area contributed by atoms with E-state index in [9.17, 15) is 0 Å². The van der Waals surface area contributed by atoms with Crippen molar-refractivity contribution in [1.82, 2.24) is 19.6 Å². The van der Waals surface area contributed by atoms with Gasteiger partial charge in [-0.1, -0.05) is 35.9 Å². The molecule has 0 unspecified atom stereocenters. The fourth-order valence-corrected chi connectivity index (χ4v) is 4.10. The number of anilines is 2. The highest BCUT2D eigenvalue weighted by Gasteiger charge is 2.22. The number of benzene rings is 1. The van der Waals surface area contributed by atoms with Crippen LogP contribution in [0.15, 0.2) is 54.7 Å². The van der Waals surface area contributed by atoms with Crippen molar-refractivity contribution in [3.63, 3.8) is 0 Å². The van der Waals surface area contributed by atoms with E-state index in [1.807, 2.05) is 23.7 Å². The summed E-state index contributed by atoms with van der Waals surface area (Å²) < 4.78 is 1.99. The van der Waals surface area contributed by atoms with Gasteiger partial charge >= 0.3 is 0 Å². The summed E-state index contributed by atoms with van der Waals surface area (Å²) in [4.78, 5) is 14.3. The van der Waals surface area contributed by atoms with Crippen molar-refractivity contribution in [3.05, 3.63) is 71.7 Å². The largest absolute Gasteiger partial charge is 0.353 e. The van der Waals surface area contributed by atoms with Gasteiger partial charge in [0.05, 0.1) is 6.20 Å². The van der Waals surface area contributed by atoms with Gasteiger partial charge in [0.15, 0.2) is 5.65 Å². The number of aromatic nitrogens is 4. The highest BCUT2D eigenvalue weighted by molar-refractivity contribution is 5.78. The first-order chi connectivity index (χ1) is 14.6. The molecule has 0 atom stereocenters. The highest BCUT2D eigenvalue weighted by atomic mass is 15.4. The Morgan fingerprint density at radius 2 is 1.50 bits per heavy atom. The van der Waals surface area contributed by atoms with E-state index in [2.05, 4.69) is 71.1 Å². The summed E-state index contributed by atoms with van der Waals surface area (Å²) in [7, 11) is 0. The molecule has 152 valence electrons. The Hall–Kier alpha value is -3.41. The summed E-state index contributed by atoms with van der Waals surface area (Å²) in [6, 6.07) is 16.9. The summed E-state index contributed by atoms with van der Waals surface area (Å²) in [6.45, 7) is 9.92. The van der Waals surface area contributed by atoms with E-state index in [-0.39, 0.29) is 0 Å². The van der Waals surface area contributed by atoms with Gasteiger partial charge in [0, 0.05) is 49.2 Å². The monoisotopic (exact) mass is 398 g/mol. The number of hydrogen-bond donors (Lipinski definition) is 0. The maximum absolute atomic E-state index is 4.82. The first-order valence-corrected chi connectivity index (χ1v) is 10.4. The van der Waals surface area contributed by atoms with Gasteiger partial charge in [-0.3, -0.25) is 0 Å². The summed E-state index contributed by atoms with van der Waals surface area (Å²) in [5.74, 6) is 2.17. The van der Waals surface area contributed by atoms with Gasteiger partial charge in [-0.05, 0) is 38.5 Å². The number of aryl methyl sites for hydroxylation is 3. The quantitative estimate of drug-likeness (QED) is 0.521. The van der Waals surface area contributed by atoms with Crippen molar-refractivity contribution in [1.29, 1.82) is 0 Å². The van der Waals surface area contributed by atoms with Gasteiger partial charge in [0.2, 0.25) is 0 Å². The summed E-state index contributed by atoms with van der Waals surface area (Å²) >= 11 is 0. The third kappa shape index (κ3) is 3.38. The molecule has 0 N–H and O–H groups in total. The van der Waals surface area contributed by atoms with Crippen LogP contribution >= 0.6 is 0 Å². The summed E-state index contributed by atoms with van der Waals surface area (Å²) in [5, 5.41) is 4.71. The maximum Gasteiger partial charge on any atom is 0.165 e. The van der Waals surface area contributed by atoms with Crippen LogP contribution < -0.4 is 9.80 Å². The number of pyridine rings is 1. The van der Waals surface area contributed by atoms with Crippen LogP contribution in [0, 0.1) is 20.8 Å². The minimum atomic E-state index is 0.914. The molecule has 0 aliphatic carbocycles. The van der Waals surface area contributed by atoms with E-state index in [0.717, 1.165) is 66.0 Å². The lowest BCUT2D eigenvalue weighted by atomic mass is 10.1. The Morgan fingerprint density at radius 1 is 0.767 bits per heavy atom. The molecule has 1 fully saturated rings. The van der Waals surface area contributed by atoms with Crippen molar-refractivity contribution >= 4 is 17.3 Å². The number of nitrogens with zero attached hydrogens (tertiary/aromatic N) is 6. The molecule has 1 aromatic carbocycles. The molecule has 0 bridgehead atoms. The molecule has 1 saturated heterocycles. The maximum atomic E-state index is 4.82. The van der Waals surface area contributed by atoms with Crippen LogP contribution in [-0.2, 0) is 0 Å². The van der Waals surface area contributed by atoms with Crippen molar-refractivity contribution in [3.8, 4) is 11.1 Å². The fourth-order valence-electron chi connectivity index (χ4n) is 4.10. The molecule has 5 rings (SSSR count). The van der Waals surface area contributed by atoms with E-state index in [1.54, 1.807) is 0 Å². The zero-order valence-corrected chi connectivity index (χ0v) is 17.7. The van der Waals surface area contributed by atoms with Crippen LogP contribution in [0.25, 0.3) is 16.8 Å². The number of fused-ring (bicyclic) bond motifs is 1. The zero-order valence-electron chi connectivity index (χ0n) is 17.7. The topological polar surface area (TPSA) is 49.6 Å². The first-order valence-electron chi connectivity index (χ1n) is 10.4. The number of hydrogen-bond acceptors (Lipinski definition) is 5. The molecule has 0 radical (unpaired) electrons. The first kappa shape index (κ1) is 18.6. The minimum Gasteiger partial charge on any atom is -0.353 e. The summed E-state index contributed by atoms with van der Waals surface area (Å²) in [6.07, 6.45) is 1.93. The lowest BCUT2D eigenvalue weighted by molar-refractivity contribution is 0.632.